The molecule has 2 rings (SSSR count). The number of carbonyl (C=O) groups is 1. The highest BCUT2D eigenvalue weighted by Crippen LogP contribution is 2.24. The molecule has 7 heteroatoms. The second-order valence-electron chi connectivity index (χ2n) is 5.83. The van der Waals surface area contributed by atoms with E-state index in [9.17, 15) is 13.2 Å². The summed E-state index contributed by atoms with van der Waals surface area (Å²) in [6.45, 7) is 2.31. The summed E-state index contributed by atoms with van der Waals surface area (Å²) in [5.41, 5.74) is 5.20. The van der Waals surface area contributed by atoms with Crippen LogP contribution in [0.5, 0.6) is 0 Å². The molecule has 20 heavy (non-hydrogen) atoms. The molecule has 0 aromatic heterocycles. The summed E-state index contributed by atoms with van der Waals surface area (Å²) in [5.74, 6) is -0.0538. The fraction of sp³-hybridized carbons (Fsp3) is 0.923. The highest BCUT2D eigenvalue weighted by atomic mass is 32.2. The Morgan fingerprint density at radius 1 is 0.950 bits per heavy atom. The molecule has 0 aliphatic carbocycles. The first-order valence-corrected chi connectivity index (χ1v) is 8.93. The molecular weight excluding hydrogens is 278 g/mol. The van der Waals surface area contributed by atoms with Gasteiger partial charge in [0.1, 0.15) is 0 Å². The summed E-state index contributed by atoms with van der Waals surface area (Å²) in [7, 11) is -3.31. The van der Waals surface area contributed by atoms with Crippen molar-refractivity contribution in [2.45, 2.75) is 44.9 Å². The Bertz CT molecular complexity index is 422. The molecule has 0 aromatic rings. The molecule has 0 unspecified atom stereocenters. The summed E-state index contributed by atoms with van der Waals surface area (Å²) in [5, 5.41) is 0. The van der Waals surface area contributed by atoms with Crippen LogP contribution in [0.25, 0.3) is 0 Å². The summed E-state index contributed by atoms with van der Waals surface area (Å²) in [6.07, 6.45) is 5.98. The lowest BCUT2D eigenvalue weighted by Crippen LogP contribution is -2.47. The molecule has 6 nitrogen and oxygen atoms in total. The van der Waals surface area contributed by atoms with E-state index in [4.69, 9.17) is 5.73 Å². The lowest BCUT2D eigenvalue weighted by molar-refractivity contribution is -0.119. The number of piperidine rings is 1. The maximum atomic E-state index is 12.6. The summed E-state index contributed by atoms with van der Waals surface area (Å²) >= 11 is 0. The van der Waals surface area contributed by atoms with Crippen molar-refractivity contribution in [1.29, 1.82) is 0 Å². The van der Waals surface area contributed by atoms with Gasteiger partial charge in [-0.05, 0) is 31.6 Å². The molecule has 2 heterocycles. The molecule has 2 aliphatic heterocycles. The van der Waals surface area contributed by atoms with Crippen LogP contribution in [0.1, 0.15) is 44.9 Å². The van der Waals surface area contributed by atoms with Crippen LogP contribution in [0.4, 0.5) is 0 Å². The van der Waals surface area contributed by atoms with E-state index in [0.29, 0.717) is 32.6 Å². The van der Waals surface area contributed by atoms with Gasteiger partial charge in [0, 0.05) is 32.6 Å². The SMILES string of the molecule is NC(=O)CC1CCN(S(=O)(=O)N2CCCCCC2)CC1. The molecule has 2 fully saturated rings. The highest BCUT2D eigenvalue weighted by molar-refractivity contribution is 7.86. The largest absolute Gasteiger partial charge is 0.370 e. The molecule has 0 aromatic carbocycles. The number of primary amides is 1. The Balaban J connectivity index is 1.92. The van der Waals surface area contributed by atoms with E-state index in [1.54, 1.807) is 8.61 Å². The first-order chi connectivity index (χ1) is 9.50. The van der Waals surface area contributed by atoms with Crippen molar-refractivity contribution in [2.75, 3.05) is 26.2 Å². The van der Waals surface area contributed by atoms with Gasteiger partial charge in [-0.1, -0.05) is 12.8 Å². The van der Waals surface area contributed by atoms with Gasteiger partial charge in [0.15, 0.2) is 0 Å². The van der Waals surface area contributed by atoms with E-state index in [1.165, 1.54) is 0 Å². The standard InChI is InChI=1S/C13H25N3O3S/c14-13(17)11-12-5-9-16(10-6-12)20(18,19)15-7-3-1-2-4-8-15/h12H,1-11H2,(H2,14,17). The minimum atomic E-state index is -3.31. The van der Waals surface area contributed by atoms with Crippen molar-refractivity contribution >= 4 is 16.1 Å². The molecule has 0 spiro atoms. The van der Waals surface area contributed by atoms with Crippen molar-refractivity contribution in [2.24, 2.45) is 11.7 Å². The van der Waals surface area contributed by atoms with E-state index in [1.807, 2.05) is 0 Å². The van der Waals surface area contributed by atoms with E-state index in [2.05, 4.69) is 0 Å². The Kier molecular flexibility index (Phi) is 5.40. The van der Waals surface area contributed by atoms with Crippen LogP contribution >= 0.6 is 0 Å². The third kappa shape index (κ3) is 3.93. The normalized spacial score (nSPS) is 24.4. The Morgan fingerprint density at radius 2 is 1.45 bits per heavy atom. The summed E-state index contributed by atoms with van der Waals surface area (Å²) < 4.78 is 28.4. The van der Waals surface area contributed by atoms with Crippen molar-refractivity contribution < 1.29 is 13.2 Å². The minimum Gasteiger partial charge on any atom is -0.370 e. The van der Waals surface area contributed by atoms with Crippen LogP contribution in [0, 0.1) is 5.92 Å². The van der Waals surface area contributed by atoms with Crippen LogP contribution < -0.4 is 5.73 Å². The molecular formula is C13H25N3O3S. The average Bonchev–Trinajstić information content (AvgIpc) is 2.68. The van der Waals surface area contributed by atoms with E-state index in [-0.39, 0.29) is 11.8 Å². The van der Waals surface area contributed by atoms with Gasteiger partial charge in [-0.2, -0.15) is 17.0 Å². The Morgan fingerprint density at radius 3 is 1.95 bits per heavy atom. The van der Waals surface area contributed by atoms with Gasteiger partial charge in [-0.3, -0.25) is 4.79 Å². The molecule has 0 radical (unpaired) electrons. The second-order valence-corrected chi connectivity index (χ2v) is 7.76. The number of nitrogens with two attached hydrogens (primary N) is 1. The number of rotatable bonds is 4. The predicted molar refractivity (Wildman–Crippen MR) is 77.1 cm³/mol. The van der Waals surface area contributed by atoms with Crippen LogP contribution in [-0.2, 0) is 15.0 Å². The topological polar surface area (TPSA) is 83.7 Å². The fourth-order valence-electron chi connectivity index (χ4n) is 3.06. The summed E-state index contributed by atoms with van der Waals surface area (Å²) in [4.78, 5) is 10.9. The third-order valence-corrected chi connectivity index (χ3v) is 6.32. The third-order valence-electron chi connectivity index (χ3n) is 4.28. The molecule has 0 bridgehead atoms. The fourth-order valence-corrected chi connectivity index (χ4v) is 4.78. The van der Waals surface area contributed by atoms with Crippen LogP contribution in [0.3, 0.4) is 0 Å². The van der Waals surface area contributed by atoms with Crippen molar-refractivity contribution in [3.63, 3.8) is 0 Å². The zero-order chi connectivity index (χ0) is 14.6. The molecule has 0 atom stereocenters. The van der Waals surface area contributed by atoms with Crippen LogP contribution in [0.15, 0.2) is 0 Å². The van der Waals surface area contributed by atoms with Gasteiger partial charge in [-0.25, -0.2) is 0 Å². The van der Waals surface area contributed by atoms with E-state index >= 15 is 0 Å². The maximum Gasteiger partial charge on any atom is 0.281 e. The minimum absolute atomic E-state index is 0.239. The van der Waals surface area contributed by atoms with Crippen LogP contribution in [0.2, 0.25) is 0 Å². The number of nitrogens with zero attached hydrogens (tertiary/aromatic N) is 2. The van der Waals surface area contributed by atoms with E-state index in [0.717, 1.165) is 38.5 Å². The molecule has 0 saturated carbocycles. The zero-order valence-electron chi connectivity index (χ0n) is 12.0. The number of amides is 1. The summed E-state index contributed by atoms with van der Waals surface area (Å²) in [6, 6.07) is 0. The van der Waals surface area contributed by atoms with Gasteiger partial charge in [0.05, 0.1) is 0 Å². The predicted octanol–water partition coefficient (Wildman–Crippen LogP) is 0.695. The van der Waals surface area contributed by atoms with E-state index < -0.39 is 10.2 Å². The van der Waals surface area contributed by atoms with Crippen molar-refractivity contribution in [1.82, 2.24) is 8.61 Å². The molecule has 2 saturated heterocycles. The van der Waals surface area contributed by atoms with Gasteiger partial charge in [-0.15, -0.1) is 0 Å². The zero-order valence-corrected chi connectivity index (χ0v) is 12.8. The second kappa shape index (κ2) is 6.87. The first kappa shape index (κ1) is 15.7. The Labute approximate surface area is 121 Å². The van der Waals surface area contributed by atoms with Crippen molar-refractivity contribution in [3.05, 3.63) is 0 Å². The molecule has 1 amide bonds. The molecule has 116 valence electrons. The van der Waals surface area contributed by atoms with Crippen LogP contribution in [-0.4, -0.2) is 49.1 Å². The average molecular weight is 303 g/mol. The van der Waals surface area contributed by atoms with Gasteiger partial charge < -0.3 is 5.73 Å². The Hall–Kier alpha value is -0.660. The molecule has 2 aliphatic rings. The molecule has 2 N–H and O–H groups in total. The van der Waals surface area contributed by atoms with Gasteiger partial charge >= 0.3 is 0 Å². The smallest absolute Gasteiger partial charge is 0.281 e. The monoisotopic (exact) mass is 303 g/mol. The number of hydrogen-bond acceptors (Lipinski definition) is 3. The number of carbonyl (C=O) groups excluding carboxylic acids is 1. The van der Waals surface area contributed by atoms with Crippen molar-refractivity contribution in [3.8, 4) is 0 Å². The van der Waals surface area contributed by atoms with Gasteiger partial charge in [0.2, 0.25) is 5.91 Å². The highest BCUT2D eigenvalue weighted by Gasteiger charge is 2.33. The maximum absolute atomic E-state index is 12.6. The lowest BCUT2D eigenvalue weighted by Gasteiger charge is -2.34. The van der Waals surface area contributed by atoms with Gasteiger partial charge in [0.25, 0.3) is 10.2 Å². The number of hydrogen-bond donors (Lipinski definition) is 1. The first-order valence-electron chi connectivity index (χ1n) is 7.53. The lowest BCUT2D eigenvalue weighted by atomic mass is 9.94. The quantitative estimate of drug-likeness (QED) is 0.829.